The van der Waals surface area contributed by atoms with Crippen molar-refractivity contribution in [2.24, 2.45) is 10.2 Å². The molecule has 1 aromatic carbocycles. The maximum absolute atomic E-state index is 12.4. The van der Waals surface area contributed by atoms with E-state index in [0.717, 1.165) is 37.1 Å². The van der Waals surface area contributed by atoms with Crippen LogP contribution < -0.4 is 5.32 Å². The maximum atomic E-state index is 12.4. The topological polar surface area (TPSA) is 53.8 Å². The molecule has 4 nitrogen and oxygen atoms in total. The van der Waals surface area contributed by atoms with E-state index in [1.165, 1.54) is 5.56 Å². The van der Waals surface area contributed by atoms with Crippen LogP contribution in [-0.2, 0) is 11.2 Å². The Bertz CT molecular complexity index is 665. The third-order valence-corrected chi connectivity index (χ3v) is 5.23. The van der Waals surface area contributed by atoms with E-state index in [9.17, 15) is 4.79 Å². The summed E-state index contributed by atoms with van der Waals surface area (Å²) in [6.07, 6.45) is 11.8. The fraction of sp³-hybridized carbons (Fsp3) is 0.526. The molecule has 0 radical (unpaired) electrons. The molecule has 2 aliphatic rings. The first kappa shape index (κ1) is 17.0. The number of carbonyl (C=O) groups is 1. The van der Waals surface area contributed by atoms with E-state index in [4.69, 9.17) is 18.0 Å². The zero-order chi connectivity index (χ0) is 17.0. The normalized spacial score (nSPS) is 19.2. The number of nitrogens with zero attached hydrogens (tertiary/aromatic N) is 2. The van der Waals surface area contributed by atoms with Gasteiger partial charge < -0.3 is 5.32 Å². The van der Waals surface area contributed by atoms with Crippen LogP contribution in [0.3, 0.4) is 0 Å². The van der Waals surface area contributed by atoms with Gasteiger partial charge in [-0.15, -0.1) is 12.3 Å². The summed E-state index contributed by atoms with van der Waals surface area (Å²) in [6, 6.07) is 7.86. The summed E-state index contributed by atoms with van der Waals surface area (Å²) in [7, 11) is 0. The summed E-state index contributed by atoms with van der Waals surface area (Å²) in [6.45, 7) is 0. The molecule has 1 N–H and O–H groups in total. The van der Waals surface area contributed by atoms with E-state index < -0.39 is 0 Å². The summed E-state index contributed by atoms with van der Waals surface area (Å²) in [5, 5.41) is 12.2. The summed E-state index contributed by atoms with van der Waals surface area (Å²) < 4.78 is 0. The molecule has 3 rings (SSSR count). The zero-order valence-electron chi connectivity index (χ0n) is 13.7. The third kappa shape index (κ3) is 4.15. The molecule has 1 fully saturated rings. The Hall–Kier alpha value is -1.86. The number of halogens is 1. The van der Waals surface area contributed by atoms with Crippen molar-refractivity contribution in [1.29, 1.82) is 0 Å². The van der Waals surface area contributed by atoms with Gasteiger partial charge in [0.05, 0.1) is 0 Å². The molecule has 1 heterocycles. The SMILES string of the molecule is C#CCCC1(CCC(=O)NC2(Cc3ccc(Cl)cc3)CCC2)N=N1. The Labute approximate surface area is 148 Å². The molecule has 126 valence electrons. The lowest BCUT2D eigenvalue weighted by atomic mass is 9.72. The standard InChI is InChI=1S/C19H22ClN3O/c1-2-3-12-19(22-23-19)13-9-17(24)21-18(10-4-11-18)14-15-5-7-16(20)8-6-15/h1,5-8H,3-4,9-14H2,(H,21,24). The first-order valence-corrected chi connectivity index (χ1v) is 8.86. The van der Waals surface area contributed by atoms with Crippen LogP contribution >= 0.6 is 11.6 Å². The van der Waals surface area contributed by atoms with E-state index in [1.807, 2.05) is 24.3 Å². The molecule has 1 aromatic rings. The van der Waals surface area contributed by atoms with Gasteiger partial charge in [0.1, 0.15) is 0 Å². The first-order chi connectivity index (χ1) is 11.5. The second-order valence-corrected chi connectivity index (χ2v) is 7.31. The van der Waals surface area contributed by atoms with E-state index in [-0.39, 0.29) is 17.1 Å². The van der Waals surface area contributed by atoms with Crippen LogP contribution in [0.25, 0.3) is 0 Å². The van der Waals surface area contributed by atoms with Crippen molar-refractivity contribution in [3.63, 3.8) is 0 Å². The number of hydrogen-bond acceptors (Lipinski definition) is 3. The molecule has 0 spiro atoms. The van der Waals surface area contributed by atoms with Gasteiger partial charge in [-0.3, -0.25) is 4.79 Å². The van der Waals surface area contributed by atoms with Crippen LogP contribution in [0.1, 0.15) is 50.5 Å². The minimum absolute atomic E-state index is 0.0843. The molecule has 0 unspecified atom stereocenters. The summed E-state index contributed by atoms with van der Waals surface area (Å²) >= 11 is 5.94. The van der Waals surface area contributed by atoms with E-state index in [2.05, 4.69) is 21.5 Å². The number of terminal acetylenes is 1. The van der Waals surface area contributed by atoms with Gasteiger partial charge >= 0.3 is 0 Å². The molecular formula is C19H22ClN3O. The molecule has 5 heteroatoms. The van der Waals surface area contributed by atoms with E-state index in [0.29, 0.717) is 19.3 Å². The highest BCUT2D eigenvalue weighted by Crippen LogP contribution is 2.38. The minimum Gasteiger partial charge on any atom is -0.350 e. The second-order valence-electron chi connectivity index (χ2n) is 6.87. The second kappa shape index (κ2) is 6.94. The Kier molecular flexibility index (Phi) is 4.91. The number of hydrogen-bond donors (Lipinski definition) is 1. The maximum Gasteiger partial charge on any atom is 0.220 e. The Morgan fingerprint density at radius 1 is 1.25 bits per heavy atom. The van der Waals surface area contributed by atoms with Crippen LogP contribution in [0.5, 0.6) is 0 Å². The third-order valence-electron chi connectivity index (χ3n) is 4.98. The largest absolute Gasteiger partial charge is 0.350 e. The number of rotatable bonds is 8. The molecule has 0 atom stereocenters. The average Bonchev–Trinajstić information content (AvgIpc) is 3.31. The van der Waals surface area contributed by atoms with Crippen LogP contribution in [0.2, 0.25) is 5.02 Å². The Balaban J connectivity index is 1.50. The predicted octanol–water partition coefficient (Wildman–Crippen LogP) is 4.28. The molecule has 1 amide bonds. The van der Waals surface area contributed by atoms with Crippen molar-refractivity contribution in [3.05, 3.63) is 34.9 Å². The van der Waals surface area contributed by atoms with Crippen molar-refractivity contribution >= 4 is 17.5 Å². The highest BCUT2D eigenvalue weighted by Gasteiger charge is 2.41. The number of amides is 1. The van der Waals surface area contributed by atoms with Gasteiger partial charge in [0.25, 0.3) is 0 Å². The van der Waals surface area contributed by atoms with Gasteiger partial charge in [-0.25, -0.2) is 0 Å². The van der Waals surface area contributed by atoms with Crippen LogP contribution in [-0.4, -0.2) is 17.1 Å². The Morgan fingerprint density at radius 2 is 1.96 bits per heavy atom. The fourth-order valence-electron chi connectivity index (χ4n) is 3.28. The molecule has 1 saturated carbocycles. The average molecular weight is 344 g/mol. The lowest BCUT2D eigenvalue weighted by molar-refractivity contribution is -0.124. The highest BCUT2D eigenvalue weighted by molar-refractivity contribution is 6.30. The quantitative estimate of drug-likeness (QED) is 0.704. The van der Waals surface area contributed by atoms with Crippen molar-refractivity contribution in [2.45, 2.75) is 62.6 Å². The smallest absolute Gasteiger partial charge is 0.220 e. The van der Waals surface area contributed by atoms with Gasteiger partial charge in [0.2, 0.25) is 5.91 Å². The fourth-order valence-corrected chi connectivity index (χ4v) is 3.41. The van der Waals surface area contributed by atoms with Gasteiger partial charge in [-0.1, -0.05) is 23.7 Å². The first-order valence-electron chi connectivity index (χ1n) is 8.48. The van der Waals surface area contributed by atoms with Crippen molar-refractivity contribution in [3.8, 4) is 12.3 Å². The predicted molar refractivity (Wildman–Crippen MR) is 94.8 cm³/mol. The molecule has 24 heavy (non-hydrogen) atoms. The molecule has 0 aromatic heterocycles. The van der Waals surface area contributed by atoms with Crippen LogP contribution in [0, 0.1) is 12.3 Å². The van der Waals surface area contributed by atoms with Crippen LogP contribution in [0.4, 0.5) is 0 Å². The molecular weight excluding hydrogens is 322 g/mol. The van der Waals surface area contributed by atoms with Crippen molar-refractivity contribution < 1.29 is 4.79 Å². The molecule has 0 saturated heterocycles. The lowest BCUT2D eigenvalue weighted by Gasteiger charge is -2.43. The van der Waals surface area contributed by atoms with Crippen molar-refractivity contribution in [1.82, 2.24) is 5.32 Å². The summed E-state index contributed by atoms with van der Waals surface area (Å²) in [4.78, 5) is 12.4. The molecule has 1 aliphatic carbocycles. The summed E-state index contributed by atoms with van der Waals surface area (Å²) in [5.74, 6) is 2.69. The zero-order valence-corrected chi connectivity index (χ0v) is 14.5. The lowest BCUT2D eigenvalue weighted by Crippen LogP contribution is -2.55. The van der Waals surface area contributed by atoms with Gasteiger partial charge in [0.15, 0.2) is 5.66 Å². The minimum atomic E-state index is -0.382. The Morgan fingerprint density at radius 3 is 2.50 bits per heavy atom. The highest BCUT2D eigenvalue weighted by atomic mass is 35.5. The van der Waals surface area contributed by atoms with E-state index in [1.54, 1.807) is 0 Å². The molecule has 0 bridgehead atoms. The summed E-state index contributed by atoms with van der Waals surface area (Å²) in [5.41, 5.74) is 0.721. The number of benzene rings is 1. The van der Waals surface area contributed by atoms with Gasteiger partial charge in [0, 0.05) is 36.2 Å². The van der Waals surface area contributed by atoms with Crippen LogP contribution in [0.15, 0.2) is 34.5 Å². The van der Waals surface area contributed by atoms with Crippen molar-refractivity contribution in [2.75, 3.05) is 0 Å². The number of carbonyl (C=O) groups excluding carboxylic acids is 1. The number of nitrogens with one attached hydrogen (secondary N) is 1. The monoisotopic (exact) mass is 343 g/mol. The van der Waals surface area contributed by atoms with E-state index >= 15 is 0 Å². The van der Waals surface area contributed by atoms with Gasteiger partial charge in [-0.05, 0) is 43.4 Å². The van der Waals surface area contributed by atoms with Gasteiger partial charge in [-0.2, -0.15) is 10.2 Å². The molecule has 1 aliphatic heterocycles.